The zero-order chi connectivity index (χ0) is 10.7. The van der Waals surface area contributed by atoms with Crippen LogP contribution in [0, 0.1) is 0 Å². The van der Waals surface area contributed by atoms with Crippen LogP contribution >= 0.6 is 0 Å². The van der Waals surface area contributed by atoms with Crippen LogP contribution in [0.4, 0.5) is 0 Å². The summed E-state index contributed by atoms with van der Waals surface area (Å²) in [5, 5.41) is 12.9. The molecule has 0 aliphatic carbocycles. The highest BCUT2D eigenvalue weighted by Crippen LogP contribution is 2.34. The highest BCUT2D eigenvalue weighted by molar-refractivity contribution is 4.94. The van der Waals surface area contributed by atoms with Crippen LogP contribution in [0.15, 0.2) is 0 Å². The van der Waals surface area contributed by atoms with E-state index in [0.717, 1.165) is 6.42 Å². The van der Waals surface area contributed by atoms with Gasteiger partial charge >= 0.3 is 0 Å². The number of aliphatic hydroxyl groups is 1. The molecule has 4 unspecified atom stereocenters. The summed E-state index contributed by atoms with van der Waals surface area (Å²) in [7, 11) is 0. The van der Waals surface area contributed by atoms with Gasteiger partial charge < -0.3 is 19.9 Å². The zero-order valence-corrected chi connectivity index (χ0v) is 9.32. The molecule has 2 fully saturated rings. The van der Waals surface area contributed by atoms with E-state index >= 15 is 0 Å². The molecule has 2 bridgehead atoms. The average Bonchev–Trinajstić information content (AvgIpc) is 2.84. The summed E-state index contributed by atoms with van der Waals surface area (Å²) in [6.45, 7) is 3.63. The Morgan fingerprint density at radius 3 is 3.00 bits per heavy atom. The molecule has 2 heterocycles. The van der Waals surface area contributed by atoms with E-state index in [4.69, 9.17) is 9.47 Å². The highest BCUT2D eigenvalue weighted by atomic mass is 16.5. The molecule has 0 radical (unpaired) electrons. The minimum atomic E-state index is -0.399. The Hall–Kier alpha value is -0.160. The first-order valence-corrected chi connectivity index (χ1v) is 5.94. The van der Waals surface area contributed by atoms with E-state index in [1.54, 1.807) is 0 Å². The molecular formula is C11H21NO3. The second-order valence-corrected chi connectivity index (χ2v) is 4.44. The van der Waals surface area contributed by atoms with Crippen LogP contribution in [-0.2, 0) is 9.47 Å². The second kappa shape index (κ2) is 5.25. The fourth-order valence-electron chi connectivity index (χ4n) is 2.45. The summed E-state index contributed by atoms with van der Waals surface area (Å²) in [6.07, 6.45) is 3.94. The van der Waals surface area contributed by atoms with Crippen molar-refractivity contribution in [1.29, 1.82) is 0 Å². The number of ether oxygens (including phenoxy) is 2. The predicted octanol–water partition coefficient (Wildman–Crippen LogP) is 0.293. The maximum Gasteiger partial charge on any atom is 0.0897 e. The second-order valence-electron chi connectivity index (χ2n) is 4.44. The van der Waals surface area contributed by atoms with Gasteiger partial charge in [0, 0.05) is 19.2 Å². The number of hydrogen-bond donors (Lipinski definition) is 2. The lowest BCUT2D eigenvalue weighted by Crippen LogP contribution is -2.42. The third kappa shape index (κ3) is 2.91. The molecule has 2 saturated heterocycles. The molecule has 4 heteroatoms. The maximum absolute atomic E-state index is 9.58. The monoisotopic (exact) mass is 215 g/mol. The van der Waals surface area contributed by atoms with Crippen LogP contribution in [0.1, 0.15) is 26.2 Å². The van der Waals surface area contributed by atoms with Crippen LogP contribution in [0.3, 0.4) is 0 Å². The van der Waals surface area contributed by atoms with Crippen molar-refractivity contribution in [3.8, 4) is 0 Å². The molecule has 0 spiro atoms. The van der Waals surface area contributed by atoms with Gasteiger partial charge in [-0.25, -0.2) is 0 Å². The topological polar surface area (TPSA) is 50.7 Å². The molecule has 4 nitrogen and oxygen atoms in total. The first-order chi connectivity index (χ1) is 7.29. The van der Waals surface area contributed by atoms with Gasteiger partial charge in [0.25, 0.3) is 0 Å². The van der Waals surface area contributed by atoms with Gasteiger partial charge in [-0.15, -0.1) is 0 Å². The lowest BCUT2D eigenvalue weighted by Gasteiger charge is -2.21. The molecule has 0 saturated carbocycles. The van der Waals surface area contributed by atoms with Crippen molar-refractivity contribution >= 4 is 0 Å². The van der Waals surface area contributed by atoms with Gasteiger partial charge in [0.15, 0.2) is 0 Å². The van der Waals surface area contributed by atoms with E-state index in [-0.39, 0.29) is 0 Å². The summed E-state index contributed by atoms with van der Waals surface area (Å²) >= 11 is 0. The van der Waals surface area contributed by atoms with Gasteiger partial charge in [-0.1, -0.05) is 0 Å². The van der Waals surface area contributed by atoms with Crippen molar-refractivity contribution in [1.82, 2.24) is 5.32 Å². The third-order valence-corrected chi connectivity index (χ3v) is 3.24. The van der Waals surface area contributed by atoms with Crippen molar-refractivity contribution in [2.45, 2.75) is 50.5 Å². The Kier molecular flexibility index (Phi) is 3.97. The highest BCUT2D eigenvalue weighted by Gasteiger charge is 2.40. The van der Waals surface area contributed by atoms with E-state index in [1.165, 1.54) is 12.8 Å². The molecule has 0 aromatic rings. The molecule has 4 atom stereocenters. The minimum Gasteiger partial charge on any atom is -0.389 e. The van der Waals surface area contributed by atoms with E-state index in [1.807, 2.05) is 6.92 Å². The van der Waals surface area contributed by atoms with Gasteiger partial charge in [0.05, 0.1) is 24.9 Å². The molecule has 0 amide bonds. The van der Waals surface area contributed by atoms with Gasteiger partial charge in [0.1, 0.15) is 0 Å². The normalized spacial score (nSPS) is 36.0. The Labute approximate surface area is 90.9 Å². The Morgan fingerprint density at radius 1 is 1.53 bits per heavy atom. The SMILES string of the molecule is CCOCC(O)CNC1CC2CCC1O2. The summed E-state index contributed by atoms with van der Waals surface area (Å²) in [4.78, 5) is 0. The minimum absolute atomic E-state index is 0.384. The molecule has 0 aromatic heterocycles. The quantitative estimate of drug-likeness (QED) is 0.669. The number of hydrogen-bond acceptors (Lipinski definition) is 4. The lowest BCUT2D eigenvalue weighted by molar-refractivity contribution is 0.0390. The van der Waals surface area contributed by atoms with Crippen molar-refractivity contribution in [2.75, 3.05) is 19.8 Å². The summed E-state index contributed by atoms with van der Waals surface area (Å²) in [5.41, 5.74) is 0. The Balaban J connectivity index is 1.61. The fraction of sp³-hybridized carbons (Fsp3) is 1.00. The van der Waals surface area contributed by atoms with Crippen LogP contribution in [0.25, 0.3) is 0 Å². The molecule has 0 aromatic carbocycles. The van der Waals surface area contributed by atoms with E-state index in [2.05, 4.69) is 5.32 Å². The first-order valence-electron chi connectivity index (χ1n) is 5.94. The molecular weight excluding hydrogens is 194 g/mol. The smallest absolute Gasteiger partial charge is 0.0897 e. The summed E-state index contributed by atoms with van der Waals surface area (Å²) in [6, 6.07) is 0.444. The van der Waals surface area contributed by atoms with Crippen molar-refractivity contribution in [3.05, 3.63) is 0 Å². The van der Waals surface area contributed by atoms with Crippen LogP contribution in [0.5, 0.6) is 0 Å². The molecule has 2 N–H and O–H groups in total. The summed E-state index contributed by atoms with van der Waals surface area (Å²) < 4.78 is 10.9. The van der Waals surface area contributed by atoms with Crippen molar-refractivity contribution in [3.63, 3.8) is 0 Å². The average molecular weight is 215 g/mol. The fourth-order valence-corrected chi connectivity index (χ4v) is 2.45. The van der Waals surface area contributed by atoms with Crippen LogP contribution < -0.4 is 5.32 Å². The molecule has 15 heavy (non-hydrogen) atoms. The Morgan fingerprint density at radius 2 is 2.40 bits per heavy atom. The maximum atomic E-state index is 9.58. The van der Waals surface area contributed by atoms with Crippen molar-refractivity contribution in [2.24, 2.45) is 0 Å². The Bertz CT molecular complexity index is 200. The van der Waals surface area contributed by atoms with E-state index < -0.39 is 6.10 Å². The van der Waals surface area contributed by atoms with Crippen LogP contribution in [0.2, 0.25) is 0 Å². The number of aliphatic hydroxyl groups excluding tert-OH is 1. The lowest BCUT2D eigenvalue weighted by atomic mass is 9.95. The van der Waals surface area contributed by atoms with Gasteiger partial charge in [-0.3, -0.25) is 0 Å². The van der Waals surface area contributed by atoms with E-state index in [0.29, 0.717) is 38.0 Å². The summed E-state index contributed by atoms with van der Waals surface area (Å²) in [5.74, 6) is 0. The molecule has 88 valence electrons. The van der Waals surface area contributed by atoms with Crippen molar-refractivity contribution < 1.29 is 14.6 Å². The van der Waals surface area contributed by atoms with Crippen LogP contribution in [-0.4, -0.2) is 49.2 Å². The van der Waals surface area contributed by atoms with Gasteiger partial charge in [0.2, 0.25) is 0 Å². The molecule has 2 rings (SSSR count). The molecule has 2 aliphatic rings. The zero-order valence-electron chi connectivity index (χ0n) is 9.32. The molecule has 2 aliphatic heterocycles. The number of fused-ring (bicyclic) bond motifs is 2. The number of rotatable bonds is 6. The van der Waals surface area contributed by atoms with E-state index in [9.17, 15) is 5.11 Å². The standard InChI is InChI=1S/C11H21NO3/c1-2-14-7-8(13)6-12-10-5-9-3-4-11(10)15-9/h8-13H,2-7H2,1H3. The number of nitrogens with one attached hydrogen (secondary N) is 1. The third-order valence-electron chi connectivity index (χ3n) is 3.24. The predicted molar refractivity (Wildman–Crippen MR) is 56.8 cm³/mol. The first kappa shape index (κ1) is 11.3. The van der Waals surface area contributed by atoms with Gasteiger partial charge in [-0.2, -0.15) is 0 Å². The largest absolute Gasteiger partial charge is 0.389 e. The van der Waals surface area contributed by atoms with Gasteiger partial charge in [-0.05, 0) is 26.2 Å².